The zero-order chi connectivity index (χ0) is 23.4. The first-order valence-electron chi connectivity index (χ1n) is 12.2. The zero-order valence-corrected chi connectivity index (χ0v) is 20.6. The van der Waals surface area contributed by atoms with Crippen molar-refractivity contribution < 1.29 is 4.74 Å². The van der Waals surface area contributed by atoms with E-state index in [0.29, 0.717) is 12.5 Å². The van der Waals surface area contributed by atoms with E-state index in [1.165, 1.54) is 27.8 Å². The molecule has 0 spiro atoms. The van der Waals surface area contributed by atoms with Gasteiger partial charge in [-0.15, -0.1) is 0 Å². The fourth-order valence-electron chi connectivity index (χ4n) is 4.59. The van der Waals surface area contributed by atoms with Gasteiger partial charge in [0.15, 0.2) is 0 Å². The van der Waals surface area contributed by atoms with E-state index in [9.17, 15) is 0 Å². The van der Waals surface area contributed by atoms with Crippen LogP contribution >= 0.6 is 0 Å². The van der Waals surface area contributed by atoms with Crippen LogP contribution in [0.2, 0.25) is 0 Å². The molecule has 0 N–H and O–H groups in total. The molecule has 3 nitrogen and oxygen atoms in total. The average Bonchev–Trinajstić information content (AvgIpc) is 3.16. The number of nitrogens with zero attached hydrogens (tertiary/aromatic N) is 2. The smallest absolute Gasteiger partial charge is 0.122 e. The van der Waals surface area contributed by atoms with Crippen LogP contribution in [0, 0.1) is 19.8 Å². The topological polar surface area (TPSA) is 27.1 Å². The fourth-order valence-corrected chi connectivity index (χ4v) is 4.59. The second kappa shape index (κ2) is 10.2. The van der Waals surface area contributed by atoms with Crippen molar-refractivity contribution in [1.82, 2.24) is 9.55 Å². The van der Waals surface area contributed by atoms with Crippen LogP contribution in [0.1, 0.15) is 61.2 Å². The average molecular weight is 441 g/mol. The Hall–Kier alpha value is -3.07. The summed E-state index contributed by atoms with van der Waals surface area (Å²) in [4.78, 5) is 5.04. The molecule has 1 heterocycles. The van der Waals surface area contributed by atoms with Crippen LogP contribution < -0.4 is 4.74 Å². The monoisotopic (exact) mass is 440 g/mol. The summed E-state index contributed by atoms with van der Waals surface area (Å²) < 4.78 is 8.48. The summed E-state index contributed by atoms with van der Waals surface area (Å²) in [6.45, 7) is 12.6. The molecule has 0 saturated heterocycles. The molecule has 0 saturated carbocycles. The minimum Gasteiger partial charge on any atom is -0.493 e. The van der Waals surface area contributed by atoms with Gasteiger partial charge in [0.1, 0.15) is 11.6 Å². The van der Waals surface area contributed by atoms with E-state index in [2.05, 4.69) is 106 Å². The molecule has 3 aromatic carbocycles. The van der Waals surface area contributed by atoms with E-state index in [-0.39, 0.29) is 5.92 Å². The quantitative estimate of drug-likeness (QED) is 0.252. The first-order chi connectivity index (χ1) is 15.9. The molecule has 1 unspecified atom stereocenters. The van der Waals surface area contributed by atoms with E-state index in [1.807, 2.05) is 0 Å². The predicted octanol–water partition coefficient (Wildman–Crippen LogP) is 7.47. The van der Waals surface area contributed by atoms with Crippen molar-refractivity contribution in [3.05, 3.63) is 94.8 Å². The summed E-state index contributed by atoms with van der Waals surface area (Å²) in [6.07, 6.45) is 2.05. The molecule has 0 aliphatic heterocycles. The molecule has 4 rings (SSSR count). The van der Waals surface area contributed by atoms with Crippen molar-refractivity contribution in [1.29, 1.82) is 0 Å². The lowest BCUT2D eigenvalue weighted by molar-refractivity contribution is 0.299. The lowest BCUT2D eigenvalue weighted by Gasteiger charge is -2.16. The first-order valence-corrected chi connectivity index (χ1v) is 12.2. The Bertz CT molecular complexity index is 1200. The van der Waals surface area contributed by atoms with Gasteiger partial charge in [0.2, 0.25) is 0 Å². The molecule has 4 aromatic rings. The first kappa shape index (κ1) is 23.1. The molecular formula is C30H36N2O. The third-order valence-corrected chi connectivity index (χ3v) is 6.31. The molecule has 172 valence electrons. The Balaban J connectivity index is 1.51. The minimum absolute atomic E-state index is 0.228. The van der Waals surface area contributed by atoms with Gasteiger partial charge >= 0.3 is 0 Å². The van der Waals surface area contributed by atoms with Gasteiger partial charge in [-0.05, 0) is 67.5 Å². The molecule has 0 aliphatic carbocycles. The van der Waals surface area contributed by atoms with Crippen LogP contribution in [-0.2, 0) is 13.0 Å². The predicted molar refractivity (Wildman–Crippen MR) is 138 cm³/mol. The minimum atomic E-state index is 0.228. The summed E-state index contributed by atoms with van der Waals surface area (Å²) in [5.74, 6) is 3.00. The Morgan fingerprint density at radius 1 is 0.909 bits per heavy atom. The summed E-state index contributed by atoms with van der Waals surface area (Å²) in [6, 6.07) is 23.9. The molecule has 3 heteroatoms. The summed E-state index contributed by atoms with van der Waals surface area (Å²) >= 11 is 0. The molecule has 0 aliphatic rings. The summed E-state index contributed by atoms with van der Waals surface area (Å²) in [5.41, 5.74) is 7.43. The number of rotatable bonds is 9. The number of para-hydroxylation sites is 2. The molecule has 0 amide bonds. The zero-order valence-electron chi connectivity index (χ0n) is 20.6. The van der Waals surface area contributed by atoms with Crippen LogP contribution in [0.25, 0.3) is 11.0 Å². The van der Waals surface area contributed by atoms with Crippen LogP contribution in [0.3, 0.4) is 0 Å². The van der Waals surface area contributed by atoms with Crippen LogP contribution in [0.4, 0.5) is 0 Å². The van der Waals surface area contributed by atoms with Crippen molar-refractivity contribution >= 4 is 11.0 Å². The second-order valence-electron chi connectivity index (χ2n) is 9.64. The summed E-state index contributed by atoms with van der Waals surface area (Å²) in [7, 11) is 0. The molecule has 33 heavy (non-hydrogen) atoms. The number of aromatic nitrogens is 2. The molecule has 0 fully saturated rings. The highest BCUT2D eigenvalue weighted by atomic mass is 16.5. The van der Waals surface area contributed by atoms with E-state index >= 15 is 0 Å². The number of benzene rings is 3. The van der Waals surface area contributed by atoms with E-state index in [4.69, 9.17) is 9.72 Å². The number of aryl methyl sites for hydroxylation is 3. The van der Waals surface area contributed by atoms with E-state index in [0.717, 1.165) is 36.5 Å². The third-order valence-electron chi connectivity index (χ3n) is 6.31. The Kier molecular flexibility index (Phi) is 7.17. The van der Waals surface area contributed by atoms with Crippen molar-refractivity contribution in [3.8, 4) is 5.75 Å². The van der Waals surface area contributed by atoms with Gasteiger partial charge in [0, 0.05) is 12.5 Å². The molecule has 1 aromatic heterocycles. The van der Waals surface area contributed by atoms with Crippen LogP contribution in [0.15, 0.2) is 66.7 Å². The maximum absolute atomic E-state index is 6.10. The highest BCUT2D eigenvalue weighted by molar-refractivity contribution is 5.76. The van der Waals surface area contributed by atoms with Crippen molar-refractivity contribution in [2.75, 3.05) is 6.61 Å². The number of fused-ring (bicyclic) bond motifs is 1. The number of hydrogen-bond donors (Lipinski definition) is 0. The van der Waals surface area contributed by atoms with Gasteiger partial charge in [-0.1, -0.05) is 74.9 Å². The second-order valence-corrected chi connectivity index (χ2v) is 9.64. The van der Waals surface area contributed by atoms with E-state index < -0.39 is 0 Å². The van der Waals surface area contributed by atoms with Crippen LogP contribution in [-0.4, -0.2) is 16.2 Å². The fraction of sp³-hybridized carbons (Fsp3) is 0.367. The Morgan fingerprint density at radius 3 is 2.39 bits per heavy atom. The van der Waals surface area contributed by atoms with Gasteiger partial charge < -0.3 is 9.30 Å². The van der Waals surface area contributed by atoms with E-state index in [1.54, 1.807) is 0 Å². The van der Waals surface area contributed by atoms with Crippen molar-refractivity contribution in [2.24, 2.45) is 5.92 Å². The number of ether oxygens (including phenoxy) is 1. The lowest BCUT2D eigenvalue weighted by atomic mass is 9.96. The lowest BCUT2D eigenvalue weighted by Crippen LogP contribution is -2.11. The largest absolute Gasteiger partial charge is 0.493 e. The normalized spacial score (nSPS) is 12.4. The van der Waals surface area contributed by atoms with Crippen molar-refractivity contribution in [2.45, 2.75) is 59.9 Å². The standard InChI is InChI=1S/C30H36N2O/c1-21(2)19-25-12-14-26(15-13-25)24(5)30-31-27-9-6-7-10-28(27)32(30)17-8-18-33-29-16-11-22(3)20-23(29)4/h6-7,9-16,20-21,24H,8,17-19H2,1-5H3. The molecule has 1 atom stereocenters. The van der Waals surface area contributed by atoms with Gasteiger partial charge in [-0.3, -0.25) is 0 Å². The molecular weight excluding hydrogens is 404 g/mol. The Morgan fingerprint density at radius 2 is 1.67 bits per heavy atom. The Labute approximate surface area is 198 Å². The van der Waals surface area contributed by atoms with Gasteiger partial charge in [-0.2, -0.15) is 0 Å². The maximum Gasteiger partial charge on any atom is 0.122 e. The third kappa shape index (κ3) is 5.47. The highest BCUT2D eigenvalue weighted by Crippen LogP contribution is 2.28. The van der Waals surface area contributed by atoms with Gasteiger partial charge in [0.25, 0.3) is 0 Å². The summed E-state index contributed by atoms with van der Waals surface area (Å²) in [5, 5.41) is 0. The molecule has 0 bridgehead atoms. The number of hydrogen-bond acceptors (Lipinski definition) is 2. The maximum atomic E-state index is 6.10. The van der Waals surface area contributed by atoms with Gasteiger partial charge in [-0.25, -0.2) is 4.98 Å². The highest BCUT2D eigenvalue weighted by Gasteiger charge is 2.18. The molecule has 0 radical (unpaired) electrons. The number of imidazole rings is 1. The van der Waals surface area contributed by atoms with Crippen LogP contribution in [0.5, 0.6) is 5.75 Å². The van der Waals surface area contributed by atoms with Crippen molar-refractivity contribution in [3.63, 3.8) is 0 Å². The van der Waals surface area contributed by atoms with Gasteiger partial charge in [0.05, 0.1) is 17.6 Å². The SMILES string of the molecule is Cc1ccc(OCCCn2c(C(C)c3ccc(CC(C)C)cc3)nc3ccccc32)c(C)c1.